The zero-order chi connectivity index (χ0) is 24.7. The van der Waals surface area contributed by atoms with Gasteiger partial charge in [0.25, 0.3) is 0 Å². The molecule has 2 aromatic carbocycles. The molecule has 0 saturated carbocycles. The Balaban J connectivity index is 2.26. The molecule has 0 amide bonds. The molecule has 4 rings (SSSR count). The highest BCUT2D eigenvalue weighted by Gasteiger charge is 2.37. The smallest absolute Gasteiger partial charge is 0.211 e. The van der Waals surface area contributed by atoms with E-state index in [1.165, 1.54) is 4.40 Å². The van der Waals surface area contributed by atoms with E-state index in [1.54, 1.807) is 62.5 Å². The Morgan fingerprint density at radius 3 is 2.00 bits per heavy atom. The van der Waals surface area contributed by atoms with Crippen LogP contribution in [0.25, 0.3) is 16.3 Å². The zero-order valence-electron chi connectivity index (χ0n) is 19.4. The number of sulfone groups is 2. The Labute approximate surface area is 200 Å². The predicted octanol–water partition coefficient (Wildman–Crippen LogP) is 5.00. The van der Waals surface area contributed by atoms with Crippen LogP contribution in [-0.4, -0.2) is 38.5 Å². The summed E-state index contributed by atoms with van der Waals surface area (Å²) in [5.74, 6) is -1.01. The second kappa shape index (κ2) is 9.00. The lowest BCUT2D eigenvalue weighted by atomic mass is 10.1. The predicted molar refractivity (Wildman–Crippen MR) is 134 cm³/mol. The molecule has 0 unspecified atom stereocenters. The van der Waals surface area contributed by atoms with Gasteiger partial charge in [-0.3, -0.25) is 4.79 Å². The molecule has 0 atom stereocenters. The number of hydrogen-bond acceptors (Lipinski definition) is 5. The Kier molecular flexibility index (Phi) is 6.40. The Bertz CT molecular complexity index is 1610. The standard InChI is InChI=1S/C26H27NO5S2/c1-4-16-33(29,30)25-22-21-9-7-6-8-19(21)14-15-27(22)23(26(25)34(31,32)17-5-2)24(28)20-12-10-18(3)11-13-20/h6-15H,4-5,16-17H2,1-3H3. The van der Waals surface area contributed by atoms with Gasteiger partial charge in [-0.15, -0.1) is 0 Å². The monoisotopic (exact) mass is 497 g/mol. The van der Waals surface area contributed by atoms with E-state index >= 15 is 0 Å². The third-order valence-electron chi connectivity index (χ3n) is 5.83. The first-order chi connectivity index (χ1) is 16.1. The average molecular weight is 498 g/mol. The van der Waals surface area contributed by atoms with E-state index in [-0.39, 0.29) is 32.5 Å². The number of aromatic nitrogens is 1. The SMILES string of the molecule is CCCS(=O)(=O)c1c(S(=O)(=O)CCC)c2c3ccccc3ccn2c1C(=O)c1ccc(C)cc1. The molecule has 2 aromatic heterocycles. The fourth-order valence-electron chi connectivity index (χ4n) is 4.33. The minimum absolute atomic E-state index is 0.132. The molecule has 0 spiro atoms. The van der Waals surface area contributed by atoms with Crippen LogP contribution in [-0.2, 0) is 19.7 Å². The van der Waals surface area contributed by atoms with Crippen LogP contribution in [0.3, 0.4) is 0 Å². The van der Waals surface area contributed by atoms with Gasteiger partial charge in [0.05, 0.1) is 17.0 Å². The van der Waals surface area contributed by atoms with Crippen LogP contribution in [0.2, 0.25) is 0 Å². The third-order valence-corrected chi connectivity index (χ3v) is 9.89. The Morgan fingerprint density at radius 2 is 1.38 bits per heavy atom. The van der Waals surface area contributed by atoms with Gasteiger partial charge >= 0.3 is 0 Å². The summed E-state index contributed by atoms with van der Waals surface area (Å²) in [4.78, 5) is 13.1. The van der Waals surface area contributed by atoms with E-state index in [9.17, 15) is 21.6 Å². The Morgan fingerprint density at radius 1 is 0.794 bits per heavy atom. The maximum absolute atomic E-state index is 13.8. The summed E-state index contributed by atoms with van der Waals surface area (Å²) in [5, 5.41) is 1.34. The van der Waals surface area contributed by atoms with E-state index in [0.717, 1.165) is 10.9 Å². The van der Waals surface area contributed by atoms with Gasteiger partial charge in [-0.25, -0.2) is 16.8 Å². The van der Waals surface area contributed by atoms with Crippen molar-refractivity contribution >= 4 is 41.7 Å². The lowest BCUT2D eigenvalue weighted by Gasteiger charge is -2.09. The molecule has 0 fully saturated rings. The second-order valence-electron chi connectivity index (χ2n) is 8.46. The molecule has 0 radical (unpaired) electrons. The van der Waals surface area contributed by atoms with Gasteiger partial charge < -0.3 is 4.40 Å². The van der Waals surface area contributed by atoms with Gasteiger partial charge in [-0.2, -0.15) is 0 Å². The van der Waals surface area contributed by atoms with E-state index in [4.69, 9.17) is 0 Å². The van der Waals surface area contributed by atoms with Gasteiger partial charge in [-0.05, 0) is 31.2 Å². The third kappa shape index (κ3) is 4.05. The van der Waals surface area contributed by atoms with Crippen molar-refractivity contribution in [1.82, 2.24) is 4.40 Å². The highest BCUT2D eigenvalue weighted by Crippen LogP contribution is 2.38. The highest BCUT2D eigenvalue weighted by molar-refractivity contribution is 7.94. The molecule has 0 aliphatic heterocycles. The maximum atomic E-state index is 13.8. The first-order valence-corrected chi connectivity index (χ1v) is 14.6. The molecule has 0 saturated heterocycles. The number of nitrogens with zero attached hydrogens (tertiary/aromatic N) is 1. The van der Waals surface area contributed by atoms with Crippen molar-refractivity contribution in [2.24, 2.45) is 0 Å². The van der Waals surface area contributed by atoms with Crippen LogP contribution in [0.1, 0.15) is 48.3 Å². The summed E-state index contributed by atoms with van der Waals surface area (Å²) in [7, 11) is -8.10. The van der Waals surface area contributed by atoms with Crippen LogP contribution >= 0.6 is 0 Å². The molecule has 0 N–H and O–H groups in total. The van der Waals surface area contributed by atoms with Crippen LogP contribution in [0.4, 0.5) is 0 Å². The molecule has 0 aliphatic rings. The van der Waals surface area contributed by atoms with E-state index in [2.05, 4.69) is 0 Å². The molecule has 0 bridgehead atoms. The summed E-state index contributed by atoms with van der Waals surface area (Å²) in [6, 6.07) is 15.8. The molecule has 178 valence electrons. The highest BCUT2D eigenvalue weighted by atomic mass is 32.2. The minimum Gasteiger partial charge on any atom is -0.311 e. The summed E-state index contributed by atoms with van der Waals surface area (Å²) >= 11 is 0. The lowest BCUT2D eigenvalue weighted by Crippen LogP contribution is -2.17. The van der Waals surface area contributed by atoms with Crippen molar-refractivity contribution in [3.8, 4) is 0 Å². The lowest BCUT2D eigenvalue weighted by molar-refractivity contribution is 0.103. The fraction of sp³-hybridized carbons (Fsp3) is 0.269. The number of aryl methyl sites for hydroxylation is 1. The topological polar surface area (TPSA) is 89.8 Å². The molecule has 6 nitrogen and oxygen atoms in total. The number of carbonyl (C=O) groups excluding carboxylic acids is 1. The van der Waals surface area contributed by atoms with Crippen molar-refractivity contribution in [2.75, 3.05) is 11.5 Å². The number of pyridine rings is 1. The van der Waals surface area contributed by atoms with Crippen molar-refractivity contribution < 1.29 is 21.6 Å². The van der Waals surface area contributed by atoms with Gasteiger partial charge in [0.15, 0.2) is 19.7 Å². The van der Waals surface area contributed by atoms with Gasteiger partial charge in [0, 0.05) is 17.1 Å². The van der Waals surface area contributed by atoms with Gasteiger partial charge in [-0.1, -0.05) is 67.9 Å². The molecule has 34 heavy (non-hydrogen) atoms. The van der Waals surface area contributed by atoms with Crippen molar-refractivity contribution in [1.29, 1.82) is 0 Å². The van der Waals surface area contributed by atoms with Crippen molar-refractivity contribution in [3.05, 3.63) is 77.6 Å². The number of hydrogen-bond donors (Lipinski definition) is 0. The first-order valence-electron chi connectivity index (χ1n) is 11.2. The van der Waals surface area contributed by atoms with Crippen LogP contribution < -0.4 is 0 Å². The van der Waals surface area contributed by atoms with Crippen LogP contribution in [0, 0.1) is 6.92 Å². The van der Waals surface area contributed by atoms with E-state index in [1.807, 2.05) is 19.1 Å². The summed E-state index contributed by atoms with van der Waals surface area (Å²) in [6.45, 7) is 5.33. The van der Waals surface area contributed by atoms with Crippen LogP contribution in [0.15, 0.2) is 70.6 Å². The minimum atomic E-state index is -4.09. The van der Waals surface area contributed by atoms with Gasteiger partial charge in [0.2, 0.25) is 5.78 Å². The average Bonchev–Trinajstić information content (AvgIpc) is 3.17. The molecular weight excluding hydrogens is 470 g/mol. The quantitative estimate of drug-likeness (QED) is 0.320. The molecule has 4 aromatic rings. The van der Waals surface area contributed by atoms with E-state index < -0.39 is 25.5 Å². The number of ketones is 1. The second-order valence-corrected chi connectivity index (χ2v) is 12.6. The largest absolute Gasteiger partial charge is 0.311 e. The maximum Gasteiger partial charge on any atom is 0.211 e. The normalized spacial score (nSPS) is 12.4. The summed E-state index contributed by atoms with van der Waals surface area (Å²) in [5.41, 5.74) is 1.35. The molecule has 8 heteroatoms. The number of carbonyl (C=O) groups is 1. The fourth-order valence-corrected chi connectivity index (χ4v) is 8.32. The van der Waals surface area contributed by atoms with Crippen molar-refractivity contribution in [2.45, 2.75) is 43.4 Å². The summed E-state index contributed by atoms with van der Waals surface area (Å²) < 4.78 is 55.8. The van der Waals surface area contributed by atoms with Gasteiger partial charge in [0.1, 0.15) is 15.5 Å². The van der Waals surface area contributed by atoms with Crippen molar-refractivity contribution in [3.63, 3.8) is 0 Å². The molecular formula is C26H27NO5S2. The molecule has 2 heterocycles. The number of fused-ring (bicyclic) bond motifs is 3. The van der Waals surface area contributed by atoms with E-state index in [0.29, 0.717) is 23.8 Å². The molecule has 0 aliphatic carbocycles. The zero-order valence-corrected chi connectivity index (χ0v) is 21.0. The van der Waals surface area contributed by atoms with Crippen LogP contribution in [0.5, 0.6) is 0 Å². The first kappa shape index (κ1) is 24.2. The number of rotatable bonds is 8. The number of benzene rings is 2. The Hall–Kier alpha value is -2.97. The summed E-state index contributed by atoms with van der Waals surface area (Å²) in [6.07, 6.45) is 2.20.